The highest BCUT2D eigenvalue weighted by molar-refractivity contribution is 9.10. The third-order valence-corrected chi connectivity index (χ3v) is 2.49. The summed E-state index contributed by atoms with van der Waals surface area (Å²) in [7, 11) is 0. The lowest BCUT2D eigenvalue weighted by atomic mass is 10.2. The van der Waals surface area contributed by atoms with Gasteiger partial charge in [-0.05, 0) is 24.1 Å². The molecule has 0 aliphatic carbocycles. The fourth-order valence-electron chi connectivity index (χ4n) is 1.08. The maximum Gasteiger partial charge on any atom is 0.417 e. The van der Waals surface area contributed by atoms with Gasteiger partial charge in [-0.25, -0.2) is 0 Å². The zero-order valence-corrected chi connectivity index (χ0v) is 10.5. The summed E-state index contributed by atoms with van der Waals surface area (Å²) < 4.78 is 42.6. The highest BCUT2D eigenvalue weighted by Crippen LogP contribution is 2.36. The first-order valence-electron chi connectivity index (χ1n) is 4.80. The van der Waals surface area contributed by atoms with Gasteiger partial charge in [-0.3, -0.25) is 0 Å². The first-order chi connectivity index (χ1) is 7.30. The van der Waals surface area contributed by atoms with E-state index in [-0.39, 0.29) is 4.47 Å². The van der Waals surface area contributed by atoms with Gasteiger partial charge in [0, 0.05) is 4.47 Å². The number of hydrogen-bond acceptors (Lipinski definition) is 1. The van der Waals surface area contributed by atoms with Gasteiger partial charge in [-0.2, -0.15) is 13.2 Å². The summed E-state index contributed by atoms with van der Waals surface area (Å²) in [6, 6.07) is 3.68. The first kappa shape index (κ1) is 13.4. The molecular weight excluding hydrogens is 285 g/mol. The molecule has 0 unspecified atom stereocenters. The van der Waals surface area contributed by atoms with E-state index >= 15 is 0 Å². The molecule has 0 fully saturated rings. The van der Waals surface area contributed by atoms with Crippen molar-refractivity contribution >= 4 is 15.9 Å². The lowest BCUT2D eigenvalue weighted by Gasteiger charge is -2.12. The van der Waals surface area contributed by atoms with E-state index in [2.05, 4.69) is 15.9 Å². The van der Waals surface area contributed by atoms with Crippen molar-refractivity contribution in [2.45, 2.75) is 20.0 Å². The monoisotopic (exact) mass is 296 g/mol. The van der Waals surface area contributed by atoms with E-state index in [0.717, 1.165) is 6.07 Å². The van der Waals surface area contributed by atoms with E-state index in [1.165, 1.54) is 12.1 Å². The van der Waals surface area contributed by atoms with Crippen LogP contribution in [0, 0.1) is 5.92 Å². The van der Waals surface area contributed by atoms with E-state index in [1.54, 1.807) is 0 Å². The molecule has 0 aliphatic heterocycles. The fourth-order valence-corrected chi connectivity index (χ4v) is 1.66. The van der Waals surface area contributed by atoms with Crippen molar-refractivity contribution in [3.63, 3.8) is 0 Å². The predicted octanol–water partition coefficient (Wildman–Crippen LogP) is 4.50. The standard InChI is InChI=1S/C11H12BrF3O/c1-7(2)6-16-8-3-4-9(10(12)5-8)11(13,14)15/h3-5,7H,6H2,1-2H3. The van der Waals surface area contributed by atoms with Crippen molar-refractivity contribution in [1.82, 2.24) is 0 Å². The van der Waals surface area contributed by atoms with Crippen molar-refractivity contribution in [3.8, 4) is 5.75 Å². The summed E-state index contributed by atoms with van der Waals surface area (Å²) in [6.07, 6.45) is -4.34. The van der Waals surface area contributed by atoms with Gasteiger partial charge in [0.1, 0.15) is 5.75 Å². The van der Waals surface area contributed by atoms with E-state index in [9.17, 15) is 13.2 Å². The maximum absolute atomic E-state index is 12.4. The van der Waals surface area contributed by atoms with Gasteiger partial charge in [0.2, 0.25) is 0 Å². The van der Waals surface area contributed by atoms with Crippen molar-refractivity contribution in [2.75, 3.05) is 6.61 Å². The zero-order valence-electron chi connectivity index (χ0n) is 8.94. The molecule has 0 aromatic heterocycles. The van der Waals surface area contributed by atoms with Crippen molar-refractivity contribution in [2.24, 2.45) is 5.92 Å². The summed E-state index contributed by atoms with van der Waals surface area (Å²) >= 11 is 2.89. The van der Waals surface area contributed by atoms with Gasteiger partial charge in [0.05, 0.1) is 12.2 Å². The van der Waals surface area contributed by atoms with Crippen LogP contribution in [0.4, 0.5) is 13.2 Å². The summed E-state index contributed by atoms with van der Waals surface area (Å²) in [6.45, 7) is 4.43. The maximum atomic E-state index is 12.4. The van der Waals surface area contributed by atoms with Gasteiger partial charge in [0.15, 0.2) is 0 Å². The lowest BCUT2D eigenvalue weighted by Crippen LogP contribution is -2.07. The lowest BCUT2D eigenvalue weighted by molar-refractivity contribution is -0.138. The van der Waals surface area contributed by atoms with E-state index < -0.39 is 11.7 Å². The molecule has 0 aliphatic rings. The first-order valence-corrected chi connectivity index (χ1v) is 5.59. The Balaban J connectivity index is 2.83. The number of benzene rings is 1. The van der Waals surface area contributed by atoms with Crippen LogP contribution in [0.25, 0.3) is 0 Å². The molecule has 0 atom stereocenters. The predicted molar refractivity (Wildman–Crippen MR) is 59.5 cm³/mol. The molecule has 5 heteroatoms. The molecule has 0 saturated carbocycles. The third-order valence-electron chi connectivity index (χ3n) is 1.83. The molecule has 1 aromatic rings. The molecule has 90 valence electrons. The Kier molecular flexibility index (Phi) is 4.24. The highest BCUT2D eigenvalue weighted by atomic mass is 79.9. The number of ether oxygens (including phenoxy) is 1. The average molecular weight is 297 g/mol. The van der Waals surface area contributed by atoms with Crippen molar-refractivity contribution in [3.05, 3.63) is 28.2 Å². The topological polar surface area (TPSA) is 9.23 Å². The molecule has 16 heavy (non-hydrogen) atoms. The van der Waals surface area contributed by atoms with Crippen LogP contribution >= 0.6 is 15.9 Å². The number of rotatable bonds is 3. The van der Waals surface area contributed by atoms with Crippen LogP contribution in [0.15, 0.2) is 22.7 Å². The zero-order chi connectivity index (χ0) is 12.3. The third kappa shape index (κ3) is 3.70. The second kappa shape index (κ2) is 5.08. The van der Waals surface area contributed by atoms with Crippen LogP contribution in [0.2, 0.25) is 0 Å². The van der Waals surface area contributed by atoms with Gasteiger partial charge < -0.3 is 4.74 Å². The second-order valence-electron chi connectivity index (χ2n) is 3.84. The Bertz CT molecular complexity index is 361. The fraction of sp³-hybridized carbons (Fsp3) is 0.455. The van der Waals surface area contributed by atoms with Crippen LogP contribution in [0.1, 0.15) is 19.4 Å². The number of halogens is 4. The average Bonchev–Trinajstić information content (AvgIpc) is 2.12. The van der Waals surface area contributed by atoms with Gasteiger partial charge in [0.25, 0.3) is 0 Å². The Morgan fingerprint density at radius 2 is 1.94 bits per heavy atom. The molecule has 0 spiro atoms. The Morgan fingerprint density at radius 1 is 1.31 bits per heavy atom. The van der Waals surface area contributed by atoms with Crippen molar-refractivity contribution < 1.29 is 17.9 Å². The Labute approximate surface area is 101 Å². The molecule has 0 heterocycles. The van der Waals surface area contributed by atoms with Crippen molar-refractivity contribution in [1.29, 1.82) is 0 Å². The molecular formula is C11H12BrF3O. The normalized spacial score (nSPS) is 11.9. The largest absolute Gasteiger partial charge is 0.493 e. The van der Waals surface area contributed by atoms with Crippen LogP contribution in [0.5, 0.6) is 5.75 Å². The van der Waals surface area contributed by atoms with E-state index in [4.69, 9.17) is 4.74 Å². The molecule has 0 radical (unpaired) electrons. The molecule has 0 saturated heterocycles. The van der Waals surface area contributed by atoms with E-state index in [1.807, 2.05) is 13.8 Å². The molecule has 0 N–H and O–H groups in total. The van der Waals surface area contributed by atoms with E-state index in [0.29, 0.717) is 18.3 Å². The molecule has 0 amide bonds. The van der Waals surface area contributed by atoms with Crippen LogP contribution < -0.4 is 4.74 Å². The summed E-state index contributed by atoms with van der Waals surface area (Å²) in [5.74, 6) is 0.773. The van der Waals surface area contributed by atoms with Crippen LogP contribution in [-0.4, -0.2) is 6.61 Å². The van der Waals surface area contributed by atoms with Crippen LogP contribution in [0.3, 0.4) is 0 Å². The smallest absolute Gasteiger partial charge is 0.417 e. The SMILES string of the molecule is CC(C)COc1ccc(C(F)(F)F)c(Br)c1. The minimum absolute atomic E-state index is 0.00116. The Hall–Kier alpha value is -0.710. The summed E-state index contributed by atoms with van der Waals surface area (Å²) in [4.78, 5) is 0. The summed E-state index contributed by atoms with van der Waals surface area (Å²) in [5, 5.41) is 0. The number of hydrogen-bond donors (Lipinski definition) is 0. The summed E-state index contributed by atoms with van der Waals surface area (Å²) in [5.41, 5.74) is -0.690. The molecule has 1 rings (SSSR count). The Morgan fingerprint density at radius 3 is 2.38 bits per heavy atom. The van der Waals surface area contributed by atoms with Gasteiger partial charge in [-0.1, -0.05) is 29.8 Å². The molecule has 1 nitrogen and oxygen atoms in total. The molecule has 0 bridgehead atoms. The minimum Gasteiger partial charge on any atom is -0.493 e. The highest BCUT2D eigenvalue weighted by Gasteiger charge is 2.32. The molecule has 1 aromatic carbocycles. The minimum atomic E-state index is -4.34. The van der Waals surface area contributed by atoms with Gasteiger partial charge in [-0.15, -0.1) is 0 Å². The number of alkyl halides is 3. The quantitative estimate of drug-likeness (QED) is 0.798. The second-order valence-corrected chi connectivity index (χ2v) is 4.70. The van der Waals surface area contributed by atoms with Gasteiger partial charge >= 0.3 is 6.18 Å². The van der Waals surface area contributed by atoms with Crippen LogP contribution in [-0.2, 0) is 6.18 Å².